The van der Waals surface area contributed by atoms with Crippen molar-refractivity contribution in [1.29, 1.82) is 0 Å². The van der Waals surface area contributed by atoms with Gasteiger partial charge in [0.15, 0.2) is 0 Å². The highest BCUT2D eigenvalue weighted by atomic mass is 19.3. The molecule has 0 radical (unpaired) electrons. The zero-order chi connectivity index (χ0) is 17.8. The van der Waals surface area contributed by atoms with Crippen molar-refractivity contribution in [3.05, 3.63) is 0 Å². The molecule has 1 amide bonds. The van der Waals surface area contributed by atoms with E-state index in [-0.39, 0.29) is 42.9 Å². The van der Waals surface area contributed by atoms with Gasteiger partial charge < -0.3 is 14.7 Å². The molecule has 0 heterocycles. The Labute approximate surface area is 132 Å². The number of alkyl halides is 2. The molecule has 6 heteroatoms. The predicted molar refractivity (Wildman–Crippen MR) is 83.6 cm³/mol. The Bertz CT molecular complexity index is 337. The third-order valence-corrected chi connectivity index (χ3v) is 3.15. The van der Waals surface area contributed by atoms with Crippen LogP contribution in [0, 0.1) is 0 Å². The molecule has 22 heavy (non-hydrogen) atoms. The molecule has 1 fully saturated rings. The minimum absolute atomic E-state index is 0.0156. The van der Waals surface area contributed by atoms with E-state index in [9.17, 15) is 13.6 Å². The Kier molecular flexibility index (Phi) is 7.26. The van der Waals surface area contributed by atoms with Crippen LogP contribution in [0.5, 0.6) is 0 Å². The number of hydrogen-bond acceptors (Lipinski definition) is 2. The smallest absolute Gasteiger partial charge is 0.407 e. The fourth-order valence-corrected chi connectivity index (χ4v) is 2.49. The monoisotopic (exact) mass is 323 g/mol. The maximum absolute atomic E-state index is 12.7. The lowest BCUT2D eigenvalue weighted by molar-refractivity contribution is -0.102. The molecule has 0 unspecified atom stereocenters. The Morgan fingerprint density at radius 2 is 1.45 bits per heavy atom. The molecular formula is C16H31F2NO3. The fraction of sp³-hybridized carbons (Fsp3) is 0.938. The standard InChI is InChI=1S/C8H13F2NO2.C8H18O/c1-11(7(12)13)6-2-4-8(9,10)5-3-6;1-7(2,3)9-8(4,5)6/h6H,2-5H2,1H3,(H,12,13);1-6H3. The molecule has 132 valence electrons. The molecule has 0 aromatic rings. The van der Waals surface area contributed by atoms with Crippen molar-refractivity contribution >= 4 is 6.09 Å². The summed E-state index contributed by atoms with van der Waals surface area (Å²) in [6.45, 7) is 12.4. The van der Waals surface area contributed by atoms with Crippen LogP contribution in [0.4, 0.5) is 13.6 Å². The van der Waals surface area contributed by atoms with Crippen LogP contribution in [0.25, 0.3) is 0 Å². The average Bonchev–Trinajstić information content (AvgIpc) is 2.23. The van der Waals surface area contributed by atoms with E-state index < -0.39 is 12.0 Å². The van der Waals surface area contributed by atoms with E-state index in [1.807, 2.05) is 0 Å². The second-order valence-corrected chi connectivity index (χ2v) is 7.81. The number of amides is 1. The Morgan fingerprint density at radius 3 is 1.68 bits per heavy atom. The van der Waals surface area contributed by atoms with Crippen LogP contribution >= 0.6 is 0 Å². The molecule has 1 aliphatic carbocycles. The highest BCUT2D eigenvalue weighted by molar-refractivity contribution is 5.64. The number of rotatable bonds is 1. The van der Waals surface area contributed by atoms with Crippen molar-refractivity contribution in [2.75, 3.05) is 7.05 Å². The Balaban J connectivity index is 0.000000433. The first kappa shape index (κ1) is 21.1. The lowest BCUT2D eigenvalue weighted by Gasteiger charge is -2.32. The van der Waals surface area contributed by atoms with Gasteiger partial charge >= 0.3 is 6.09 Å². The summed E-state index contributed by atoms with van der Waals surface area (Å²) in [5.74, 6) is -2.59. The van der Waals surface area contributed by atoms with E-state index in [1.165, 1.54) is 7.05 Å². The highest BCUT2D eigenvalue weighted by Crippen LogP contribution is 2.34. The molecule has 4 nitrogen and oxygen atoms in total. The van der Waals surface area contributed by atoms with Crippen molar-refractivity contribution in [2.24, 2.45) is 0 Å². The summed E-state index contributed by atoms with van der Waals surface area (Å²) >= 11 is 0. The van der Waals surface area contributed by atoms with Gasteiger partial charge in [0.25, 0.3) is 0 Å². The predicted octanol–water partition coefficient (Wildman–Crippen LogP) is 4.77. The minimum Gasteiger partial charge on any atom is -0.465 e. The SMILES string of the molecule is CC(C)(C)OC(C)(C)C.CN(C(=O)O)C1CCC(F)(F)CC1. The number of carboxylic acid groups (broad SMARTS) is 1. The van der Waals surface area contributed by atoms with Crippen LogP contribution in [0.3, 0.4) is 0 Å². The average molecular weight is 323 g/mol. The number of halogens is 2. The van der Waals surface area contributed by atoms with Gasteiger partial charge in [0.2, 0.25) is 5.92 Å². The molecule has 1 saturated carbocycles. The second kappa shape index (κ2) is 7.57. The molecule has 0 bridgehead atoms. The third kappa shape index (κ3) is 9.92. The zero-order valence-corrected chi connectivity index (χ0v) is 14.9. The lowest BCUT2D eigenvalue weighted by atomic mass is 9.91. The molecule has 0 atom stereocenters. The quantitative estimate of drug-likeness (QED) is 0.756. The second-order valence-electron chi connectivity index (χ2n) is 7.81. The van der Waals surface area contributed by atoms with Crippen LogP contribution in [0.2, 0.25) is 0 Å². The van der Waals surface area contributed by atoms with Gasteiger partial charge in [-0.25, -0.2) is 13.6 Å². The molecule has 0 aromatic carbocycles. The number of hydrogen-bond donors (Lipinski definition) is 1. The van der Waals surface area contributed by atoms with Crippen molar-refractivity contribution in [3.63, 3.8) is 0 Å². The van der Waals surface area contributed by atoms with Gasteiger partial charge in [0.1, 0.15) is 0 Å². The minimum atomic E-state index is -2.59. The number of carbonyl (C=O) groups is 1. The highest BCUT2D eigenvalue weighted by Gasteiger charge is 2.37. The first-order chi connectivity index (χ1) is 9.63. The summed E-state index contributed by atoms with van der Waals surface area (Å²) in [5, 5.41) is 8.60. The molecule has 1 aliphatic rings. The van der Waals surface area contributed by atoms with Crippen LogP contribution in [0.15, 0.2) is 0 Å². The topological polar surface area (TPSA) is 49.8 Å². The Morgan fingerprint density at radius 1 is 1.09 bits per heavy atom. The van der Waals surface area contributed by atoms with Crippen LogP contribution in [-0.2, 0) is 4.74 Å². The normalized spacial score (nSPS) is 19.1. The van der Waals surface area contributed by atoms with Crippen LogP contribution < -0.4 is 0 Å². The largest absolute Gasteiger partial charge is 0.465 e. The molecule has 0 saturated heterocycles. The van der Waals surface area contributed by atoms with E-state index in [0.717, 1.165) is 4.90 Å². The molecule has 0 spiro atoms. The number of ether oxygens (including phenoxy) is 1. The van der Waals surface area contributed by atoms with Crippen molar-refractivity contribution < 1.29 is 23.4 Å². The first-order valence-corrected chi connectivity index (χ1v) is 7.67. The van der Waals surface area contributed by atoms with Crippen molar-refractivity contribution in [1.82, 2.24) is 4.90 Å². The summed E-state index contributed by atoms with van der Waals surface area (Å²) in [6.07, 6.45) is -0.925. The van der Waals surface area contributed by atoms with Gasteiger partial charge in [0.05, 0.1) is 11.2 Å². The summed E-state index contributed by atoms with van der Waals surface area (Å²) in [6, 6.07) is -0.239. The zero-order valence-electron chi connectivity index (χ0n) is 14.9. The molecule has 0 aliphatic heterocycles. The summed E-state index contributed by atoms with van der Waals surface area (Å²) in [5.41, 5.74) is -0.0312. The molecule has 1 rings (SSSR count). The molecule has 1 N–H and O–H groups in total. The first-order valence-electron chi connectivity index (χ1n) is 7.67. The maximum atomic E-state index is 12.7. The van der Waals surface area contributed by atoms with Crippen molar-refractivity contribution in [3.8, 4) is 0 Å². The summed E-state index contributed by atoms with van der Waals surface area (Å²) in [7, 11) is 1.43. The van der Waals surface area contributed by atoms with Crippen molar-refractivity contribution in [2.45, 2.75) is 90.4 Å². The van der Waals surface area contributed by atoms with Crippen LogP contribution in [0.1, 0.15) is 67.2 Å². The third-order valence-electron chi connectivity index (χ3n) is 3.15. The van der Waals surface area contributed by atoms with E-state index in [0.29, 0.717) is 0 Å². The maximum Gasteiger partial charge on any atom is 0.407 e. The van der Waals surface area contributed by atoms with Gasteiger partial charge in [-0.05, 0) is 54.4 Å². The Hall–Kier alpha value is -0.910. The van der Waals surface area contributed by atoms with E-state index in [1.54, 1.807) is 0 Å². The van der Waals surface area contributed by atoms with Crippen LogP contribution in [-0.4, -0.2) is 46.3 Å². The van der Waals surface area contributed by atoms with Gasteiger partial charge in [-0.15, -0.1) is 0 Å². The fourth-order valence-electron chi connectivity index (χ4n) is 2.49. The van der Waals surface area contributed by atoms with E-state index in [4.69, 9.17) is 9.84 Å². The summed E-state index contributed by atoms with van der Waals surface area (Å²) in [4.78, 5) is 11.6. The number of nitrogens with zero attached hydrogens (tertiary/aromatic N) is 1. The summed E-state index contributed by atoms with van der Waals surface area (Å²) < 4.78 is 31.0. The van der Waals surface area contributed by atoms with Gasteiger partial charge in [-0.1, -0.05) is 0 Å². The molecular weight excluding hydrogens is 292 g/mol. The van der Waals surface area contributed by atoms with Gasteiger partial charge in [0, 0.05) is 25.9 Å². The molecule has 0 aromatic heterocycles. The van der Waals surface area contributed by atoms with Gasteiger partial charge in [-0.3, -0.25) is 0 Å². The lowest BCUT2D eigenvalue weighted by Crippen LogP contribution is -2.41. The van der Waals surface area contributed by atoms with E-state index in [2.05, 4.69) is 41.5 Å². The van der Waals surface area contributed by atoms with E-state index >= 15 is 0 Å². The van der Waals surface area contributed by atoms with Gasteiger partial charge in [-0.2, -0.15) is 0 Å².